The SMILES string of the molecule is Cc1ccc(C)c(C(O)c2c(C)nn(C)c2C)c1. The minimum Gasteiger partial charge on any atom is -0.384 e. The molecule has 0 aliphatic carbocycles. The average Bonchev–Trinajstić information content (AvgIpc) is 2.56. The molecule has 2 aromatic rings. The maximum Gasteiger partial charge on any atom is 0.108 e. The first-order valence-corrected chi connectivity index (χ1v) is 6.17. The van der Waals surface area contributed by atoms with Gasteiger partial charge < -0.3 is 5.11 Å². The molecule has 0 aliphatic rings. The van der Waals surface area contributed by atoms with Crippen LogP contribution in [0.15, 0.2) is 18.2 Å². The molecular weight excluding hydrogens is 224 g/mol. The fraction of sp³-hybridized carbons (Fsp3) is 0.400. The number of aliphatic hydroxyl groups is 1. The topological polar surface area (TPSA) is 38.1 Å². The Labute approximate surface area is 108 Å². The largest absolute Gasteiger partial charge is 0.384 e. The van der Waals surface area contributed by atoms with Crippen LogP contribution in [-0.2, 0) is 7.05 Å². The summed E-state index contributed by atoms with van der Waals surface area (Å²) in [5, 5.41) is 15.0. The molecule has 1 heterocycles. The molecule has 0 fully saturated rings. The number of rotatable bonds is 2. The quantitative estimate of drug-likeness (QED) is 0.882. The van der Waals surface area contributed by atoms with E-state index in [1.807, 2.05) is 45.5 Å². The van der Waals surface area contributed by atoms with Crippen LogP contribution in [0, 0.1) is 27.7 Å². The van der Waals surface area contributed by atoms with Crippen molar-refractivity contribution in [3.05, 3.63) is 51.8 Å². The Bertz CT molecular complexity index is 584. The number of nitrogens with zero attached hydrogens (tertiary/aromatic N) is 2. The monoisotopic (exact) mass is 244 g/mol. The van der Waals surface area contributed by atoms with Crippen molar-refractivity contribution in [1.82, 2.24) is 9.78 Å². The van der Waals surface area contributed by atoms with Crippen molar-refractivity contribution in [1.29, 1.82) is 0 Å². The van der Waals surface area contributed by atoms with Gasteiger partial charge in [0, 0.05) is 18.3 Å². The van der Waals surface area contributed by atoms with Gasteiger partial charge in [-0.15, -0.1) is 0 Å². The highest BCUT2D eigenvalue weighted by atomic mass is 16.3. The Hall–Kier alpha value is -1.61. The molecule has 0 saturated carbocycles. The van der Waals surface area contributed by atoms with Crippen LogP contribution < -0.4 is 0 Å². The Morgan fingerprint density at radius 3 is 2.39 bits per heavy atom. The lowest BCUT2D eigenvalue weighted by Crippen LogP contribution is -2.05. The molecule has 1 N–H and O–H groups in total. The van der Waals surface area contributed by atoms with Crippen molar-refractivity contribution in [2.45, 2.75) is 33.8 Å². The van der Waals surface area contributed by atoms with Gasteiger partial charge in [0.1, 0.15) is 6.10 Å². The number of aliphatic hydroxyl groups excluding tert-OH is 1. The molecule has 0 saturated heterocycles. The van der Waals surface area contributed by atoms with Gasteiger partial charge in [0.05, 0.1) is 5.69 Å². The highest BCUT2D eigenvalue weighted by Crippen LogP contribution is 2.29. The molecule has 0 bridgehead atoms. The molecule has 0 amide bonds. The average molecular weight is 244 g/mol. The Morgan fingerprint density at radius 2 is 1.83 bits per heavy atom. The summed E-state index contributed by atoms with van der Waals surface area (Å²) < 4.78 is 1.82. The first-order valence-electron chi connectivity index (χ1n) is 6.17. The van der Waals surface area contributed by atoms with Crippen molar-refractivity contribution in [3.8, 4) is 0 Å². The van der Waals surface area contributed by atoms with E-state index in [-0.39, 0.29) is 0 Å². The molecule has 1 aromatic heterocycles. The molecule has 2 rings (SSSR count). The highest BCUT2D eigenvalue weighted by Gasteiger charge is 2.20. The summed E-state index contributed by atoms with van der Waals surface area (Å²) in [6, 6.07) is 6.16. The lowest BCUT2D eigenvalue weighted by atomic mass is 9.95. The van der Waals surface area contributed by atoms with E-state index >= 15 is 0 Å². The lowest BCUT2D eigenvalue weighted by molar-refractivity contribution is 0.218. The molecule has 3 heteroatoms. The van der Waals surface area contributed by atoms with E-state index in [9.17, 15) is 5.11 Å². The zero-order chi connectivity index (χ0) is 13.4. The van der Waals surface area contributed by atoms with E-state index in [4.69, 9.17) is 0 Å². The van der Waals surface area contributed by atoms with E-state index in [0.29, 0.717) is 0 Å². The van der Waals surface area contributed by atoms with E-state index in [1.165, 1.54) is 0 Å². The minimum absolute atomic E-state index is 0.599. The molecule has 1 atom stereocenters. The third kappa shape index (κ3) is 2.06. The summed E-state index contributed by atoms with van der Waals surface area (Å²) in [6.45, 7) is 8.00. The maximum absolute atomic E-state index is 10.6. The second kappa shape index (κ2) is 4.58. The van der Waals surface area contributed by atoms with Crippen molar-refractivity contribution in [3.63, 3.8) is 0 Å². The van der Waals surface area contributed by atoms with Crippen molar-refractivity contribution in [2.24, 2.45) is 7.05 Å². The van der Waals surface area contributed by atoms with E-state index in [0.717, 1.165) is 33.6 Å². The third-order valence-electron chi connectivity index (χ3n) is 3.57. The Kier molecular flexibility index (Phi) is 3.26. The minimum atomic E-state index is -0.599. The molecule has 3 nitrogen and oxygen atoms in total. The smallest absolute Gasteiger partial charge is 0.108 e. The van der Waals surface area contributed by atoms with Gasteiger partial charge in [-0.25, -0.2) is 0 Å². The fourth-order valence-corrected chi connectivity index (χ4v) is 2.40. The predicted octanol–water partition coefficient (Wildman–Crippen LogP) is 2.74. The van der Waals surface area contributed by atoms with Gasteiger partial charge in [-0.1, -0.05) is 23.8 Å². The van der Waals surface area contributed by atoms with Gasteiger partial charge in [0.2, 0.25) is 0 Å². The van der Waals surface area contributed by atoms with Crippen LogP contribution >= 0.6 is 0 Å². The van der Waals surface area contributed by atoms with Gasteiger partial charge >= 0.3 is 0 Å². The second-order valence-corrected chi connectivity index (χ2v) is 4.97. The number of hydrogen-bond acceptors (Lipinski definition) is 2. The van der Waals surface area contributed by atoms with Gasteiger partial charge in [0.15, 0.2) is 0 Å². The maximum atomic E-state index is 10.6. The molecule has 0 aliphatic heterocycles. The second-order valence-electron chi connectivity index (χ2n) is 4.97. The van der Waals surface area contributed by atoms with Crippen LogP contribution in [0.5, 0.6) is 0 Å². The number of benzene rings is 1. The summed E-state index contributed by atoms with van der Waals surface area (Å²) in [4.78, 5) is 0. The van der Waals surface area contributed by atoms with Crippen molar-refractivity contribution in [2.75, 3.05) is 0 Å². The lowest BCUT2D eigenvalue weighted by Gasteiger charge is -2.15. The highest BCUT2D eigenvalue weighted by molar-refractivity contribution is 5.40. The van der Waals surface area contributed by atoms with Crippen molar-refractivity contribution < 1.29 is 5.11 Å². The fourth-order valence-electron chi connectivity index (χ4n) is 2.40. The third-order valence-corrected chi connectivity index (χ3v) is 3.57. The number of aryl methyl sites for hydroxylation is 4. The van der Waals surface area contributed by atoms with Crippen LogP contribution in [0.1, 0.15) is 39.7 Å². The first-order chi connectivity index (χ1) is 8.41. The summed E-state index contributed by atoms with van der Waals surface area (Å²) in [6.07, 6.45) is -0.599. The van der Waals surface area contributed by atoms with Gasteiger partial charge in [0.25, 0.3) is 0 Å². The van der Waals surface area contributed by atoms with Crippen molar-refractivity contribution >= 4 is 0 Å². The van der Waals surface area contributed by atoms with Crippen LogP contribution in [0.4, 0.5) is 0 Å². The van der Waals surface area contributed by atoms with E-state index in [2.05, 4.69) is 17.2 Å². The van der Waals surface area contributed by atoms with Gasteiger partial charge in [-0.2, -0.15) is 5.10 Å². The molecular formula is C15H20N2O. The van der Waals surface area contributed by atoms with Crippen LogP contribution in [0.3, 0.4) is 0 Å². The summed E-state index contributed by atoms with van der Waals surface area (Å²) >= 11 is 0. The summed E-state index contributed by atoms with van der Waals surface area (Å²) in [7, 11) is 1.90. The predicted molar refractivity (Wildman–Crippen MR) is 72.7 cm³/mol. The standard InChI is InChI=1S/C15H20N2O/c1-9-6-7-10(2)13(8-9)15(18)14-11(3)16-17(5)12(14)4/h6-8,15,18H,1-5H3. The molecule has 0 radical (unpaired) electrons. The van der Waals surface area contributed by atoms with E-state index in [1.54, 1.807) is 0 Å². The summed E-state index contributed by atoms with van der Waals surface area (Å²) in [5.74, 6) is 0. The number of hydrogen-bond donors (Lipinski definition) is 1. The zero-order valence-electron chi connectivity index (χ0n) is 11.7. The zero-order valence-corrected chi connectivity index (χ0v) is 11.7. The molecule has 96 valence electrons. The van der Waals surface area contributed by atoms with Crippen LogP contribution in [0.25, 0.3) is 0 Å². The molecule has 1 unspecified atom stereocenters. The summed E-state index contributed by atoms with van der Waals surface area (Å²) in [5.41, 5.74) is 6.06. The molecule has 18 heavy (non-hydrogen) atoms. The van der Waals surface area contributed by atoms with Crippen LogP contribution in [0.2, 0.25) is 0 Å². The first kappa shape index (κ1) is 12.8. The Morgan fingerprint density at radius 1 is 1.17 bits per heavy atom. The number of aromatic nitrogens is 2. The van der Waals surface area contributed by atoms with Crippen LogP contribution in [-0.4, -0.2) is 14.9 Å². The molecule has 1 aromatic carbocycles. The molecule has 0 spiro atoms. The van der Waals surface area contributed by atoms with E-state index < -0.39 is 6.10 Å². The normalized spacial score (nSPS) is 12.8. The Balaban J connectivity index is 2.54. The van der Waals surface area contributed by atoms with Gasteiger partial charge in [-0.05, 0) is 38.8 Å². The van der Waals surface area contributed by atoms with Gasteiger partial charge in [-0.3, -0.25) is 4.68 Å².